The molecule has 1 saturated heterocycles. The van der Waals surface area contributed by atoms with Gasteiger partial charge in [-0.05, 0) is 35.7 Å². The first-order chi connectivity index (χ1) is 15.4. The largest absolute Gasteiger partial charge is 0.484 e. The number of amides is 3. The number of likely N-dealkylation sites (tertiary alicyclic amines) is 1. The minimum absolute atomic E-state index is 0.00959. The fraction of sp³-hybridized carbons (Fsp3) is 0.318. The standard InChI is InChI=1S/C22H19F3N4O3/c23-14-5-13(6-15(24)8-14)19-3-4-26-29(19)22(31)28-10-16(11-28)32-20-9-18-12(7-17(20)25)1-2-21(30)27-18/h4-9,16,19H,1-3,10-11H2,(H,27,30)/t19-/m0/s1. The number of fused-ring (bicyclic) bond motifs is 1. The molecule has 1 N–H and O–H groups in total. The third-order valence-corrected chi connectivity index (χ3v) is 5.76. The van der Waals surface area contributed by atoms with E-state index in [2.05, 4.69) is 10.4 Å². The molecule has 2 aromatic rings. The maximum absolute atomic E-state index is 14.4. The Morgan fingerprint density at radius 1 is 1.06 bits per heavy atom. The first kappa shape index (κ1) is 20.3. The molecule has 0 aliphatic carbocycles. The van der Waals surface area contributed by atoms with E-state index in [4.69, 9.17) is 4.74 Å². The van der Waals surface area contributed by atoms with Gasteiger partial charge in [-0.25, -0.2) is 23.0 Å². The Kier molecular flexibility index (Phi) is 4.99. The summed E-state index contributed by atoms with van der Waals surface area (Å²) < 4.78 is 47.3. The van der Waals surface area contributed by atoms with E-state index in [1.165, 1.54) is 40.4 Å². The Labute approximate surface area is 181 Å². The van der Waals surface area contributed by atoms with Gasteiger partial charge < -0.3 is 15.0 Å². The number of anilines is 1. The van der Waals surface area contributed by atoms with Gasteiger partial charge in [0.1, 0.15) is 17.7 Å². The number of urea groups is 1. The molecule has 32 heavy (non-hydrogen) atoms. The Bertz CT molecular complexity index is 1110. The molecule has 166 valence electrons. The molecule has 0 radical (unpaired) electrons. The topological polar surface area (TPSA) is 74.2 Å². The summed E-state index contributed by atoms with van der Waals surface area (Å²) in [6, 6.07) is 4.93. The minimum atomic E-state index is -0.722. The highest BCUT2D eigenvalue weighted by molar-refractivity contribution is 5.94. The zero-order chi connectivity index (χ0) is 22.4. The van der Waals surface area contributed by atoms with Crippen molar-refractivity contribution in [2.75, 3.05) is 18.4 Å². The number of carbonyl (C=O) groups excluding carboxylic acids is 2. The first-order valence-corrected chi connectivity index (χ1v) is 10.2. The number of hydrogen-bond acceptors (Lipinski definition) is 4. The average Bonchev–Trinajstić information content (AvgIpc) is 3.20. The predicted octanol–water partition coefficient (Wildman–Crippen LogP) is 3.60. The Balaban J connectivity index is 1.23. The maximum atomic E-state index is 14.4. The third-order valence-electron chi connectivity index (χ3n) is 5.76. The third kappa shape index (κ3) is 3.76. The molecule has 7 nitrogen and oxygen atoms in total. The lowest BCUT2D eigenvalue weighted by molar-refractivity contribution is -0.116. The van der Waals surface area contributed by atoms with Gasteiger partial charge in [-0.1, -0.05) is 0 Å². The second kappa shape index (κ2) is 7.85. The van der Waals surface area contributed by atoms with E-state index < -0.39 is 35.6 Å². The number of hydrogen-bond donors (Lipinski definition) is 1. The van der Waals surface area contributed by atoms with Gasteiger partial charge in [0.05, 0.1) is 19.1 Å². The molecule has 0 unspecified atom stereocenters. The molecule has 2 aromatic carbocycles. The molecular formula is C22H19F3N4O3. The van der Waals surface area contributed by atoms with Gasteiger partial charge in [-0.3, -0.25) is 4.79 Å². The molecule has 3 heterocycles. The number of benzene rings is 2. The molecule has 3 amide bonds. The van der Waals surface area contributed by atoms with Gasteiger partial charge in [0.2, 0.25) is 5.91 Å². The van der Waals surface area contributed by atoms with Crippen LogP contribution >= 0.6 is 0 Å². The number of ether oxygens (including phenoxy) is 1. The molecular weight excluding hydrogens is 425 g/mol. The van der Waals surface area contributed by atoms with Crippen molar-refractivity contribution in [3.05, 3.63) is 58.9 Å². The smallest absolute Gasteiger partial charge is 0.341 e. The predicted molar refractivity (Wildman–Crippen MR) is 109 cm³/mol. The SMILES string of the molecule is O=C1CCc2cc(F)c(OC3CN(C(=O)N4N=CC[C@H]4c4cc(F)cc(F)c4)C3)cc2N1. The van der Waals surface area contributed by atoms with Crippen molar-refractivity contribution in [2.45, 2.75) is 31.4 Å². The van der Waals surface area contributed by atoms with Crippen molar-refractivity contribution >= 4 is 23.8 Å². The Hall–Kier alpha value is -3.56. The highest BCUT2D eigenvalue weighted by Crippen LogP contribution is 2.33. The van der Waals surface area contributed by atoms with Crippen LogP contribution < -0.4 is 10.1 Å². The molecule has 3 aliphatic heterocycles. The van der Waals surface area contributed by atoms with Crippen molar-refractivity contribution in [3.8, 4) is 5.75 Å². The maximum Gasteiger partial charge on any atom is 0.341 e. The van der Waals surface area contributed by atoms with Crippen molar-refractivity contribution in [3.63, 3.8) is 0 Å². The number of halogens is 3. The molecule has 1 atom stereocenters. The van der Waals surface area contributed by atoms with E-state index in [-0.39, 0.29) is 24.7 Å². The Morgan fingerprint density at radius 3 is 2.56 bits per heavy atom. The quantitative estimate of drug-likeness (QED) is 0.786. The summed E-state index contributed by atoms with van der Waals surface area (Å²) in [5.74, 6) is -2.09. The van der Waals surface area contributed by atoms with E-state index in [1.54, 1.807) is 0 Å². The molecule has 0 aromatic heterocycles. The van der Waals surface area contributed by atoms with E-state index in [0.29, 0.717) is 36.1 Å². The lowest BCUT2D eigenvalue weighted by atomic mass is 10.0. The minimum Gasteiger partial charge on any atom is -0.484 e. The number of hydrazone groups is 1. The summed E-state index contributed by atoms with van der Waals surface area (Å²) in [5, 5.41) is 7.96. The van der Waals surface area contributed by atoms with Crippen molar-refractivity contribution in [1.29, 1.82) is 0 Å². The van der Waals surface area contributed by atoms with Crippen LogP contribution in [-0.4, -0.2) is 47.3 Å². The molecule has 3 aliphatic rings. The summed E-state index contributed by atoms with van der Waals surface area (Å²) in [6.45, 7) is 0.413. The molecule has 0 saturated carbocycles. The van der Waals surface area contributed by atoms with Crippen molar-refractivity contribution < 1.29 is 27.5 Å². The van der Waals surface area contributed by atoms with E-state index >= 15 is 0 Å². The fourth-order valence-corrected chi connectivity index (χ4v) is 4.11. The molecule has 5 rings (SSSR count). The molecule has 1 fully saturated rings. The number of carbonyl (C=O) groups is 2. The van der Waals surface area contributed by atoms with Crippen LogP contribution in [0.25, 0.3) is 0 Å². The van der Waals surface area contributed by atoms with Crippen LogP contribution in [-0.2, 0) is 11.2 Å². The van der Waals surface area contributed by atoms with Gasteiger partial charge in [-0.2, -0.15) is 5.10 Å². The number of nitrogens with zero attached hydrogens (tertiary/aromatic N) is 3. The van der Waals surface area contributed by atoms with Crippen LogP contribution in [0.2, 0.25) is 0 Å². The van der Waals surface area contributed by atoms with E-state index in [9.17, 15) is 22.8 Å². The first-order valence-electron chi connectivity index (χ1n) is 10.2. The lowest BCUT2D eigenvalue weighted by Gasteiger charge is -2.41. The monoisotopic (exact) mass is 444 g/mol. The van der Waals surface area contributed by atoms with Gasteiger partial charge in [0, 0.05) is 36.9 Å². The lowest BCUT2D eigenvalue weighted by Crippen LogP contribution is -2.58. The van der Waals surface area contributed by atoms with Gasteiger partial charge in [0.15, 0.2) is 11.6 Å². The van der Waals surface area contributed by atoms with Crippen molar-refractivity contribution in [1.82, 2.24) is 9.91 Å². The van der Waals surface area contributed by atoms with E-state index in [0.717, 1.165) is 6.07 Å². The number of aryl methyl sites for hydroxylation is 1. The molecule has 0 spiro atoms. The summed E-state index contributed by atoms with van der Waals surface area (Å²) in [5.41, 5.74) is 1.56. The zero-order valence-corrected chi connectivity index (χ0v) is 16.9. The van der Waals surface area contributed by atoms with Gasteiger partial charge in [0.25, 0.3) is 0 Å². The van der Waals surface area contributed by atoms with Crippen molar-refractivity contribution in [2.24, 2.45) is 5.10 Å². The molecule has 10 heteroatoms. The van der Waals surface area contributed by atoms with Crippen LogP contribution in [0, 0.1) is 17.5 Å². The second-order valence-corrected chi connectivity index (χ2v) is 8.01. The zero-order valence-electron chi connectivity index (χ0n) is 16.9. The van der Waals surface area contributed by atoms with E-state index in [1.807, 2.05) is 0 Å². The Morgan fingerprint density at radius 2 is 1.81 bits per heavy atom. The van der Waals surface area contributed by atoms with Crippen LogP contribution in [0.1, 0.15) is 30.0 Å². The average molecular weight is 444 g/mol. The second-order valence-electron chi connectivity index (χ2n) is 8.01. The summed E-state index contributed by atoms with van der Waals surface area (Å²) in [4.78, 5) is 25.9. The summed E-state index contributed by atoms with van der Waals surface area (Å²) in [7, 11) is 0. The number of nitrogens with one attached hydrogen (secondary N) is 1. The molecule has 0 bridgehead atoms. The fourth-order valence-electron chi connectivity index (χ4n) is 4.11. The summed E-state index contributed by atoms with van der Waals surface area (Å²) in [6.07, 6.45) is 2.22. The van der Waals surface area contributed by atoms with Crippen LogP contribution in [0.5, 0.6) is 5.75 Å². The highest BCUT2D eigenvalue weighted by atomic mass is 19.1. The number of rotatable bonds is 3. The summed E-state index contributed by atoms with van der Waals surface area (Å²) >= 11 is 0. The van der Waals surface area contributed by atoms with Crippen LogP contribution in [0.4, 0.5) is 23.7 Å². The van der Waals surface area contributed by atoms with Crippen LogP contribution in [0.15, 0.2) is 35.4 Å². The van der Waals surface area contributed by atoms with Gasteiger partial charge in [-0.15, -0.1) is 0 Å². The normalized spacial score (nSPS) is 20.1. The highest BCUT2D eigenvalue weighted by Gasteiger charge is 2.39. The van der Waals surface area contributed by atoms with Crippen LogP contribution in [0.3, 0.4) is 0 Å². The van der Waals surface area contributed by atoms with Gasteiger partial charge >= 0.3 is 6.03 Å².